The van der Waals surface area contributed by atoms with Gasteiger partial charge in [-0.15, -0.1) is 0 Å². The lowest BCUT2D eigenvalue weighted by Crippen LogP contribution is -2.43. The van der Waals surface area contributed by atoms with E-state index >= 15 is 0 Å². The van der Waals surface area contributed by atoms with Crippen LogP contribution in [0.3, 0.4) is 0 Å². The molecule has 2 saturated heterocycles. The van der Waals surface area contributed by atoms with Crippen molar-refractivity contribution in [1.29, 1.82) is 0 Å². The molecule has 1 aromatic rings. The molecule has 25 heavy (non-hydrogen) atoms. The SMILES string of the molecule is CC[C@@H](CNC(=O)Nc1ccc(N2CCOCC2)nc1)N1CCCC1. The van der Waals surface area contributed by atoms with Crippen LogP contribution in [0.4, 0.5) is 16.3 Å². The van der Waals surface area contributed by atoms with Gasteiger partial charge in [-0.2, -0.15) is 0 Å². The number of ether oxygens (including phenoxy) is 1. The molecular weight excluding hydrogens is 318 g/mol. The highest BCUT2D eigenvalue weighted by atomic mass is 16.5. The largest absolute Gasteiger partial charge is 0.378 e. The van der Waals surface area contributed by atoms with Crippen LogP contribution in [0.15, 0.2) is 18.3 Å². The summed E-state index contributed by atoms with van der Waals surface area (Å²) in [6.07, 6.45) is 5.30. The van der Waals surface area contributed by atoms with Crippen LogP contribution in [0.25, 0.3) is 0 Å². The number of pyridine rings is 1. The second kappa shape index (κ2) is 9.01. The molecule has 2 fully saturated rings. The van der Waals surface area contributed by atoms with Gasteiger partial charge in [0.05, 0.1) is 25.1 Å². The van der Waals surface area contributed by atoms with Crippen molar-refractivity contribution >= 4 is 17.5 Å². The summed E-state index contributed by atoms with van der Waals surface area (Å²) in [5.41, 5.74) is 0.712. The van der Waals surface area contributed by atoms with Crippen LogP contribution in [0, 0.1) is 0 Å². The van der Waals surface area contributed by atoms with Crippen LogP contribution in [-0.4, -0.2) is 67.9 Å². The van der Waals surface area contributed by atoms with Gasteiger partial charge < -0.3 is 20.3 Å². The first-order chi connectivity index (χ1) is 12.3. The first kappa shape index (κ1) is 17.9. The van der Waals surface area contributed by atoms with E-state index in [2.05, 4.69) is 32.3 Å². The van der Waals surface area contributed by atoms with Gasteiger partial charge in [0.2, 0.25) is 0 Å². The Morgan fingerprint density at radius 2 is 2.00 bits per heavy atom. The van der Waals surface area contributed by atoms with E-state index in [0.29, 0.717) is 18.3 Å². The molecule has 0 saturated carbocycles. The number of hydrogen-bond acceptors (Lipinski definition) is 5. The third-order valence-electron chi connectivity index (χ3n) is 4.97. The van der Waals surface area contributed by atoms with Crippen molar-refractivity contribution in [3.05, 3.63) is 18.3 Å². The highest BCUT2D eigenvalue weighted by Crippen LogP contribution is 2.16. The van der Waals surface area contributed by atoms with E-state index in [9.17, 15) is 4.79 Å². The molecule has 0 bridgehead atoms. The van der Waals surface area contributed by atoms with Crippen molar-refractivity contribution < 1.29 is 9.53 Å². The topological polar surface area (TPSA) is 69.7 Å². The first-order valence-corrected chi connectivity index (χ1v) is 9.34. The number of morpholine rings is 1. The van der Waals surface area contributed by atoms with E-state index in [1.54, 1.807) is 6.20 Å². The normalized spacial score (nSPS) is 19.6. The molecule has 0 aromatic carbocycles. The summed E-state index contributed by atoms with van der Waals surface area (Å²) in [6.45, 7) is 8.34. The molecule has 1 atom stereocenters. The fourth-order valence-electron chi connectivity index (χ4n) is 3.46. The number of urea groups is 1. The van der Waals surface area contributed by atoms with E-state index < -0.39 is 0 Å². The minimum atomic E-state index is -0.168. The van der Waals surface area contributed by atoms with Gasteiger partial charge in [0.15, 0.2) is 0 Å². The molecular formula is C18H29N5O2. The van der Waals surface area contributed by atoms with E-state index in [0.717, 1.165) is 51.6 Å². The van der Waals surface area contributed by atoms with Crippen molar-refractivity contribution in [3.63, 3.8) is 0 Å². The fraction of sp³-hybridized carbons (Fsp3) is 0.667. The molecule has 2 amide bonds. The minimum absolute atomic E-state index is 0.168. The van der Waals surface area contributed by atoms with Gasteiger partial charge in [-0.1, -0.05) is 6.92 Å². The number of aromatic nitrogens is 1. The smallest absolute Gasteiger partial charge is 0.319 e. The van der Waals surface area contributed by atoms with Crippen molar-refractivity contribution in [3.8, 4) is 0 Å². The monoisotopic (exact) mass is 347 g/mol. The Labute approximate surface area is 149 Å². The number of rotatable bonds is 6. The summed E-state index contributed by atoms with van der Waals surface area (Å²) in [7, 11) is 0. The predicted molar refractivity (Wildman–Crippen MR) is 99.2 cm³/mol. The maximum Gasteiger partial charge on any atom is 0.319 e. The minimum Gasteiger partial charge on any atom is -0.378 e. The first-order valence-electron chi connectivity index (χ1n) is 9.34. The van der Waals surface area contributed by atoms with Gasteiger partial charge in [0, 0.05) is 25.7 Å². The van der Waals surface area contributed by atoms with Gasteiger partial charge in [0.1, 0.15) is 5.82 Å². The van der Waals surface area contributed by atoms with Crippen LogP contribution in [0.1, 0.15) is 26.2 Å². The standard InChI is InChI=1S/C18H29N5O2/c1-2-16(22-7-3-4-8-22)14-20-18(24)21-15-5-6-17(19-13-15)23-9-11-25-12-10-23/h5-6,13,16H,2-4,7-12,14H2,1H3,(H2,20,21,24)/t16-/m0/s1. The Kier molecular flexibility index (Phi) is 6.47. The number of nitrogens with zero attached hydrogens (tertiary/aromatic N) is 3. The Morgan fingerprint density at radius 3 is 2.64 bits per heavy atom. The summed E-state index contributed by atoms with van der Waals surface area (Å²) in [5, 5.41) is 5.86. The van der Waals surface area contributed by atoms with E-state index in [1.165, 1.54) is 12.8 Å². The Morgan fingerprint density at radius 1 is 1.24 bits per heavy atom. The van der Waals surface area contributed by atoms with Crippen LogP contribution >= 0.6 is 0 Å². The van der Waals surface area contributed by atoms with Crippen molar-refractivity contribution in [2.75, 3.05) is 56.2 Å². The molecule has 7 nitrogen and oxygen atoms in total. The quantitative estimate of drug-likeness (QED) is 0.823. The molecule has 7 heteroatoms. The number of carbonyl (C=O) groups is 1. The van der Waals surface area contributed by atoms with Crippen molar-refractivity contribution in [2.45, 2.75) is 32.2 Å². The zero-order valence-electron chi connectivity index (χ0n) is 15.0. The predicted octanol–water partition coefficient (Wildman–Crippen LogP) is 1.91. The highest BCUT2D eigenvalue weighted by molar-refractivity contribution is 5.89. The lowest BCUT2D eigenvalue weighted by atomic mass is 10.2. The Bertz CT molecular complexity index is 539. The number of hydrogen-bond donors (Lipinski definition) is 2. The maximum atomic E-state index is 12.1. The molecule has 0 radical (unpaired) electrons. The molecule has 2 N–H and O–H groups in total. The number of nitrogens with one attached hydrogen (secondary N) is 2. The van der Waals surface area contributed by atoms with Gasteiger partial charge >= 0.3 is 6.03 Å². The van der Waals surface area contributed by atoms with Crippen LogP contribution in [-0.2, 0) is 4.74 Å². The van der Waals surface area contributed by atoms with Crippen LogP contribution in [0.5, 0.6) is 0 Å². The van der Waals surface area contributed by atoms with Crippen LogP contribution in [0.2, 0.25) is 0 Å². The Hall–Kier alpha value is -1.86. The lowest BCUT2D eigenvalue weighted by molar-refractivity contribution is 0.122. The second-order valence-electron chi connectivity index (χ2n) is 6.64. The molecule has 2 aliphatic heterocycles. The molecule has 3 rings (SSSR count). The molecule has 0 spiro atoms. The third kappa shape index (κ3) is 5.06. The lowest BCUT2D eigenvalue weighted by Gasteiger charge is -2.28. The molecule has 3 heterocycles. The number of amides is 2. The average Bonchev–Trinajstić information content (AvgIpc) is 3.18. The van der Waals surface area contributed by atoms with E-state index in [1.807, 2.05) is 12.1 Å². The third-order valence-corrected chi connectivity index (χ3v) is 4.97. The molecule has 0 aliphatic carbocycles. The van der Waals surface area contributed by atoms with Gasteiger partial charge in [0.25, 0.3) is 0 Å². The van der Waals surface area contributed by atoms with Crippen molar-refractivity contribution in [1.82, 2.24) is 15.2 Å². The average molecular weight is 347 g/mol. The zero-order chi connectivity index (χ0) is 17.5. The van der Waals surface area contributed by atoms with Gasteiger partial charge in [-0.05, 0) is 44.5 Å². The summed E-state index contributed by atoms with van der Waals surface area (Å²) in [6, 6.07) is 4.10. The van der Waals surface area contributed by atoms with Crippen LogP contribution < -0.4 is 15.5 Å². The van der Waals surface area contributed by atoms with Crippen molar-refractivity contribution in [2.24, 2.45) is 0 Å². The second-order valence-corrected chi connectivity index (χ2v) is 6.64. The summed E-state index contributed by atoms with van der Waals surface area (Å²) >= 11 is 0. The fourth-order valence-corrected chi connectivity index (χ4v) is 3.46. The molecule has 1 aromatic heterocycles. The summed E-state index contributed by atoms with van der Waals surface area (Å²) < 4.78 is 5.35. The number of carbonyl (C=O) groups excluding carboxylic acids is 1. The van der Waals surface area contributed by atoms with Gasteiger partial charge in [-0.25, -0.2) is 9.78 Å². The number of likely N-dealkylation sites (tertiary alicyclic amines) is 1. The highest BCUT2D eigenvalue weighted by Gasteiger charge is 2.20. The van der Waals surface area contributed by atoms with E-state index in [-0.39, 0.29) is 6.03 Å². The summed E-state index contributed by atoms with van der Waals surface area (Å²) in [4.78, 5) is 21.2. The summed E-state index contributed by atoms with van der Waals surface area (Å²) in [5.74, 6) is 0.925. The molecule has 2 aliphatic rings. The zero-order valence-corrected chi connectivity index (χ0v) is 15.0. The number of anilines is 2. The van der Waals surface area contributed by atoms with Gasteiger partial charge in [-0.3, -0.25) is 4.90 Å². The van der Waals surface area contributed by atoms with E-state index in [4.69, 9.17) is 4.74 Å². The Balaban J connectivity index is 1.45. The molecule has 138 valence electrons. The molecule has 0 unspecified atom stereocenters. The maximum absolute atomic E-state index is 12.1.